The van der Waals surface area contributed by atoms with Gasteiger partial charge >= 0.3 is 0 Å². The molecule has 8 aromatic carbocycles. The van der Waals surface area contributed by atoms with Gasteiger partial charge in [0.2, 0.25) is 0 Å². The van der Waals surface area contributed by atoms with E-state index in [1.807, 2.05) is 4.90 Å². The van der Waals surface area contributed by atoms with Crippen LogP contribution in [0.1, 0.15) is 226 Å². The number of benzene rings is 8. The molecular formula is C78H80BF28N. The van der Waals surface area contributed by atoms with Crippen molar-refractivity contribution in [3.63, 3.8) is 0 Å². The van der Waals surface area contributed by atoms with E-state index in [1.54, 1.807) is 0 Å². The largest absolute Gasteiger partial charge is 0.335 e. The van der Waals surface area contributed by atoms with E-state index in [4.69, 9.17) is 0 Å². The molecule has 0 aliphatic heterocycles. The van der Waals surface area contributed by atoms with Gasteiger partial charge in [-0.2, -0.15) is 0 Å². The van der Waals surface area contributed by atoms with E-state index in [1.165, 1.54) is 225 Å². The molecule has 8 aromatic rings. The maximum atomic E-state index is 17.4. The third kappa shape index (κ3) is 17.8. The number of rotatable bonds is 39. The van der Waals surface area contributed by atoms with E-state index in [0.717, 1.165) is 0 Å². The zero-order valence-electron chi connectivity index (χ0n) is 59.4. The summed E-state index contributed by atoms with van der Waals surface area (Å²) in [5, 5.41) is -25.0. The smallest absolute Gasteiger partial charge is 0.198 e. The molecule has 1 N–H and O–H groups in total. The lowest BCUT2D eigenvalue weighted by Crippen LogP contribution is -3.11. The van der Waals surface area contributed by atoms with Crippen molar-refractivity contribution in [2.24, 2.45) is 0 Å². The van der Waals surface area contributed by atoms with E-state index in [0.29, 0.717) is 0 Å². The van der Waals surface area contributed by atoms with Gasteiger partial charge in [0.15, 0.2) is 116 Å². The number of nitrogens with one attached hydrogen (secondary N) is 1. The van der Waals surface area contributed by atoms with Crippen molar-refractivity contribution in [3.05, 3.63) is 163 Å². The molecule has 0 spiro atoms. The fourth-order valence-electron chi connectivity index (χ4n) is 14.7. The number of halogens is 28. The van der Waals surface area contributed by atoms with E-state index in [2.05, 4.69) is 20.8 Å². The van der Waals surface area contributed by atoms with Crippen LogP contribution in [0.5, 0.6) is 0 Å². The molecule has 0 fully saturated rings. The fourth-order valence-corrected chi connectivity index (χ4v) is 14.7. The lowest BCUT2D eigenvalue weighted by atomic mass is 9.12. The van der Waals surface area contributed by atoms with Crippen molar-refractivity contribution < 1.29 is 128 Å². The summed E-state index contributed by atoms with van der Waals surface area (Å²) in [7, 11) is 0. The molecular weight excluding hydrogens is 1490 g/mol. The van der Waals surface area contributed by atoms with Gasteiger partial charge in [-0.25, -0.2) is 123 Å². The topological polar surface area (TPSA) is 4.44 Å². The minimum atomic E-state index is -7.99. The first-order valence-corrected chi connectivity index (χ1v) is 36.6. The van der Waals surface area contributed by atoms with Crippen LogP contribution in [0.2, 0.25) is 0 Å². The van der Waals surface area contributed by atoms with Crippen LogP contribution in [0, 0.1) is 163 Å². The summed E-state index contributed by atoms with van der Waals surface area (Å²) in [4.78, 5) is 1.87. The van der Waals surface area contributed by atoms with E-state index in [9.17, 15) is 35.1 Å². The Morgan fingerprint density at radius 1 is 0.157 bits per heavy atom. The number of hydrogen-bond acceptors (Lipinski definition) is 0. The lowest BCUT2D eigenvalue weighted by molar-refractivity contribution is -0.898. The highest BCUT2D eigenvalue weighted by Gasteiger charge is 2.53. The molecule has 8 rings (SSSR count). The van der Waals surface area contributed by atoms with Crippen LogP contribution in [0.3, 0.4) is 0 Å². The Bertz CT molecular complexity index is 4000. The van der Waals surface area contributed by atoms with Crippen molar-refractivity contribution in [3.8, 4) is 0 Å². The van der Waals surface area contributed by atoms with Crippen molar-refractivity contribution >= 4 is 71.1 Å². The summed E-state index contributed by atoms with van der Waals surface area (Å²) in [6.07, 6.45) is 39.1. The van der Waals surface area contributed by atoms with Gasteiger partial charge in [-0.15, -0.1) is 21.9 Å². The summed E-state index contributed by atoms with van der Waals surface area (Å²) in [5.41, 5.74) is -15.9. The molecule has 596 valence electrons. The Morgan fingerprint density at radius 2 is 0.287 bits per heavy atom. The third-order valence-electron chi connectivity index (χ3n) is 20.5. The molecule has 0 atom stereocenters. The number of unbranched alkanes of at least 4 members (excludes halogenated alkanes) is 30. The molecule has 0 heterocycles. The van der Waals surface area contributed by atoms with Gasteiger partial charge in [0.1, 0.15) is 52.7 Å². The van der Waals surface area contributed by atoms with Gasteiger partial charge in [0, 0.05) is 0 Å². The first-order valence-electron chi connectivity index (χ1n) is 36.6. The Hall–Kier alpha value is -7.14. The Kier molecular flexibility index (Phi) is 32.4. The molecule has 0 saturated carbocycles. The van der Waals surface area contributed by atoms with Gasteiger partial charge in [-0.1, -0.05) is 194 Å². The van der Waals surface area contributed by atoms with Crippen molar-refractivity contribution in [2.45, 2.75) is 226 Å². The minimum absolute atomic E-state index is 1.33. The van der Waals surface area contributed by atoms with Gasteiger partial charge in [0.25, 0.3) is 0 Å². The Morgan fingerprint density at radius 3 is 0.435 bits per heavy atom. The van der Waals surface area contributed by atoms with Crippen LogP contribution >= 0.6 is 0 Å². The monoisotopic (exact) mass is 1570 g/mol. The van der Waals surface area contributed by atoms with Crippen LogP contribution in [0.15, 0.2) is 0 Å². The normalized spacial score (nSPS) is 12.1. The third-order valence-corrected chi connectivity index (χ3v) is 20.5. The quantitative estimate of drug-likeness (QED) is 0.0129. The fraction of sp³-hybridized carbons (Fsp3) is 0.487. The zero-order valence-corrected chi connectivity index (χ0v) is 59.4. The van der Waals surface area contributed by atoms with Gasteiger partial charge in [-0.05, 0) is 32.6 Å². The summed E-state index contributed by atoms with van der Waals surface area (Å²) in [5.74, 6) is -102. The number of hydrogen-bond donors (Lipinski definition) is 1. The second-order valence-electron chi connectivity index (χ2n) is 27.5. The molecule has 30 heteroatoms. The summed E-state index contributed by atoms with van der Waals surface area (Å²) in [6, 6.07) is 0. The number of fused-ring (bicyclic) bond motifs is 4. The molecule has 0 unspecified atom stereocenters. The highest BCUT2D eigenvalue weighted by molar-refractivity contribution is 7.20. The Labute approximate surface area is 605 Å². The molecule has 0 aliphatic carbocycles. The van der Waals surface area contributed by atoms with Gasteiger partial charge in [0.05, 0.1) is 62.7 Å². The molecule has 0 bridgehead atoms. The van der Waals surface area contributed by atoms with Crippen molar-refractivity contribution in [1.29, 1.82) is 0 Å². The molecule has 1 nitrogen and oxygen atoms in total. The molecule has 0 aromatic heterocycles. The maximum absolute atomic E-state index is 17.4. The van der Waals surface area contributed by atoms with Crippen LogP contribution in [0.4, 0.5) is 123 Å². The molecule has 108 heavy (non-hydrogen) atoms. The summed E-state index contributed by atoms with van der Waals surface area (Å²) in [6.45, 7) is 11.2. The predicted octanol–water partition coefficient (Wildman–Crippen LogP) is 24.0. The van der Waals surface area contributed by atoms with Crippen LogP contribution < -0.4 is 26.8 Å². The standard InChI is InChI=1S/C40BF28.C38H79N/c42-13-1-5(25(54)37(66)33(62)21(1)50)17(46)29(58)9(13)41(10-14(43)2-6(18(47)30(10)59)26(55)38(67)34(63)22(2)51,11-15(44)3-7(19(48)31(11)60)27(56)39(68)35(64)23(3)52)12-16(45)4-8(20(49)32(12)61)28(57)40(69)36(65)24(4)53;1-4-7-9-11-13-15-17-19-21-23-25-27-29-31-33-35-37-39(6-3)38-36-34-32-30-28-26-24-22-20-18-16-14-12-10-8-5-2/h;4-38H2,1-3H3/q-1;/p+1. The average Bonchev–Trinajstić information content (AvgIpc) is 0.668. The molecule has 0 aliphatic rings. The molecule has 0 radical (unpaired) electrons. The Balaban J connectivity index is 0.000000356. The van der Waals surface area contributed by atoms with Crippen LogP contribution in [0.25, 0.3) is 43.1 Å². The second kappa shape index (κ2) is 39.7. The zero-order chi connectivity index (χ0) is 79.9. The highest BCUT2D eigenvalue weighted by Crippen LogP contribution is 2.41. The predicted molar refractivity (Wildman–Crippen MR) is 359 cm³/mol. The lowest BCUT2D eigenvalue weighted by Gasteiger charge is -2.45. The molecule has 0 amide bonds. The summed E-state index contributed by atoms with van der Waals surface area (Å²) >= 11 is 0. The van der Waals surface area contributed by atoms with E-state index in [-0.39, 0.29) is 0 Å². The van der Waals surface area contributed by atoms with E-state index >= 15 is 87.8 Å². The van der Waals surface area contributed by atoms with Crippen LogP contribution in [-0.2, 0) is 0 Å². The molecule has 0 saturated heterocycles. The first-order chi connectivity index (χ1) is 51.3. The van der Waals surface area contributed by atoms with Crippen molar-refractivity contribution in [1.82, 2.24) is 0 Å². The summed E-state index contributed by atoms with van der Waals surface area (Å²) < 4.78 is 442. The SMILES string of the molecule is CCCCCCCCCCCCCCCCCC[NH+](CC)CCCCCCCCCCCCCCCCCC.Fc1c(F)c(F)c2c(F)c([B-](c3c(F)c(F)c4c(F)c(F)c(F)c(F)c4c3F)(c3c(F)c(F)c4c(F)c(F)c(F)c(F)c4c3F)c3c(F)c(F)c4c(F)c(F)c(F)c(F)c4c3F)c(F)c(F)c2c1F. The van der Waals surface area contributed by atoms with Gasteiger partial charge < -0.3 is 4.90 Å². The minimum Gasteiger partial charge on any atom is -0.335 e. The van der Waals surface area contributed by atoms with Gasteiger partial charge in [-0.3, -0.25) is 0 Å². The maximum Gasteiger partial charge on any atom is 0.198 e. The van der Waals surface area contributed by atoms with E-state index < -0.39 is 234 Å². The first kappa shape index (κ1) is 88.1. The number of quaternary nitrogens is 1. The van der Waals surface area contributed by atoms with Crippen LogP contribution in [-0.4, -0.2) is 25.8 Å². The van der Waals surface area contributed by atoms with Crippen molar-refractivity contribution in [2.75, 3.05) is 19.6 Å². The average molecular weight is 1570 g/mol. The second-order valence-corrected chi connectivity index (χ2v) is 27.5. The highest BCUT2D eigenvalue weighted by atomic mass is 19.2.